The van der Waals surface area contributed by atoms with Crippen molar-refractivity contribution in [3.8, 4) is 10.6 Å². The van der Waals surface area contributed by atoms with Crippen LogP contribution in [-0.2, 0) is 10.0 Å². The van der Waals surface area contributed by atoms with Gasteiger partial charge in [-0.15, -0.1) is 11.3 Å². The molecule has 0 fully saturated rings. The fourth-order valence-corrected chi connectivity index (χ4v) is 6.17. The van der Waals surface area contributed by atoms with Gasteiger partial charge in [0.25, 0.3) is 10.0 Å². The molecule has 28 heavy (non-hydrogen) atoms. The first-order chi connectivity index (χ1) is 13.3. The summed E-state index contributed by atoms with van der Waals surface area (Å²) in [7, 11) is -1.66. The van der Waals surface area contributed by atoms with Crippen molar-refractivity contribution in [1.82, 2.24) is 4.98 Å². The number of thiazole rings is 1. The molecular formula is C21H23N3O2S2. The summed E-state index contributed by atoms with van der Waals surface area (Å²) in [5, 5.41) is 0.908. The second kappa shape index (κ2) is 6.90. The maximum atomic E-state index is 13.6. The van der Waals surface area contributed by atoms with Crippen molar-refractivity contribution in [3.63, 3.8) is 0 Å². The normalized spacial score (nSPS) is 14.3. The first-order valence-electron chi connectivity index (χ1n) is 9.16. The summed E-state index contributed by atoms with van der Waals surface area (Å²) >= 11 is 1.61. The lowest BCUT2D eigenvalue weighted by molar-refractivity contribution is 0.588. The predicted octanol–water partition coefficient (Wildman–Crippen LogP) is 4.38. The van der Waals surface area contributed by atoms with Crippen molar-refractivity contribution in [2.45, 2.75) is 25.7 Å². The zero-order valence-corrected chi connectivity index (χ0v) is 18.1. The molecule has 1 aliphatic rings. The molecule has 5 nitrogen and oxygen atoms in total. The van der Waals surface area contributed by atoms with Crippen molar-refractivity contribution in [1.29, 1.82) is 0 Å². The van der Waals surface area contributed by atoms with Crippen LogP contribution >= 0.6 is 11.3 Å². The van der Waals surface area contributed by atoms with Crippen molar-refractivity contribution in [2.75, 3.05) is 29.3 Å². The van der Waals surface area contributed by atoms with Crippen LogP contribution in [0, 0.1) is 20.8 Å². The van der Waals surface area contributed by atoms with Gasteiger partial charge in [0.15, 0.2) is 0 Å². The van der Waals surface area contributed by atoms with Crippen LogP contribution in [0.15, 0.2) is 47.5 Å². The molecule has 0 saturated heterocycles. The predicted molar refractivity (Wildman–Crippen MR) is 116 cm³/mol. The molecule has 0 aliphatic carbocycles. The van der Waals surface area contributed by atoms with Crippen LogP contribution in [0.1, 0.15) is 16.0 Å². The monoisotopic (exact) mass is 413 g/mol. The van der Waals surface area contributed by atoms with Gasteiger partial charge in [0.05, 0.1) is 22.8 Å². The van der Waals surface area contributed by atoms with Crippen LogP contribution in [0.4, 0.5) is 11.4 Å². The molecule has 0 N–H and O–H groups in total. The number of fused-ring (bicyclic) bond motifs is 1. The van der Waals surface area contributed by atoms with Gasteiger partial charge in [-0.2, -0.15) is 0 Å². The van der Waals surface area contributed by atoms with Crippen LogP contribution in [0.3, 0.4) is 0 Å². The number of hydrogen-bond donors (Lipinski definition) is 0. The summed E-state index contributed by atoms with van der Waals surface area (Å²) in [6.07, 6.45) is 1.84. The molecule has 3 aromatic rings. The van der Waals surface area contributed by atoms with E-state index in [0.29, 0.717) is 18.0 Å². The number of benzene rings is 2. The summed E-state index contributed by atoms with van der Waals surface area (Å²) in [5.41, 5.74) is 4.36. The van der Waals surface area contributed by atoms with E-state index in [1.807, 2.05) is 64.3 Å². The Morgan fingerprint density at radius 3 is 2.50 bits per heavy atom. The fourth-order valence-electron chi connectivity index (χ4n) is 3.67. The summed E-state index contributed by atoms with van der Waals surface area (Å²) in [6, 6.07) is 11.4. The lowest BCUT2D eigenvalue weighted by Gasteiger charge is -2.37. The molecule has 0 saturated carbocycles. The smallest absolute Gasteiger partial charge is 0.264 e. The first-order valence-corrected chi connectivity index (χ1v) is 11.4. The van der Waals surface area contributed by atoms with Gasteiger partial charge < -0.3 is 4.90 Å². The zero-order valence-electron chi connectivity index (χ0n) is 16.4. The molecule has 0 atom stereocenters. The average Bonchev–Trinajstić information content (AvgIpc) is 3.08. The largest absolute Gasteiger partial charge is 0.371 e. The maximum Gasteiger partial charge on any atom is 0.264 e. The molecule has 4 rings (SSSR count). The molecule has 1 aliphatic heterocycles. The Morgan fingerprint density at radius 1 is 1.04 bits per heavy atom. The minimum Gasteiger partial charge on any atom is -0.371 e. The molecule has 0 radical (unpaired) electrons. The fraction of sp³-hybridized carbons (Fsp3) is 0.286. The van der Waals surface area contributed by atoms with Gasteiger partial charge in [0.1, 0.15) is 5.01 Å². The van der Waals surface area contributed by atoms with Gasteiger partial charge in [-0.3, -0.25) is 4.31 Å². The lowest BCUT2D eigenvalue weighted by Crippen LogP contribution is -2.43. The van der Waals surface area contributed by atoms with Crippen LogP contribution in [0.25, 0.3) is 10.6 Å². The molecule has 2 aromatic carbocycles. The van der Waals surface area contributed by atoms with E-state index >= 15 is 0 Å². The van der Waals surface area contributed by atoms with E-state index in [-0.39, 0.29) is 0 Å². The number of sulfonamides is 1. The third-order valence-corrected chi connectivity index (χ3v) is 8.05. The van der Waals surface area contributed by atoms with Gasteiger partial charge in [-0.25, -0.2) is 13.4 Å². The van der Waals surface area contributed by atoms with Crippen molar-refractivity contribution in [2.24, 2.45) is 0 Å². The van der Waals surface area contributed by atoms with Gasteiger partial charge in [0, 0.05) is 30.2 Å². The van der Waals surface area contributed by atoms with Crippen LogP contribution in [0.2, 0.25) is 0 Å². The Morgan fingerprint density at radius 2 is 1.82 bits per heavy atom. The zero-order chi connectivity index (χ0) is 20.1. The van der Waals surface area contributed by atoms with E-state index in [4.69, 9.17) is 0 Å². The van der Waals surface area contributed by atoms with Crippen molar-refractivity contribution >= 4 is 32.7 Å². The summed E-state index contributed by atoms with van der Waals surface area (Å²) in [5.74, 6) is 0. The topological polar surface area (TPSA) is 53.5 Å². The quantitative estimate of drug-likeness (QED) is 0.639. The minimum absolute atomic E-state index is 0.350. The van der Waals surface area contributed by atoms with E-state index in [9.17, 15) is 8.42 Å². The number of hydrogen-bond acceptors (Lipinski definition) is 5. The van der Waals surface area contributed by atoms with Gasteiger partial charge >= 0.3 is 0 Å². The summed E-state index contributed by atoms with van der Waals surface area (Å²) in [4.78, 5) is 8.00. The number of aryl methyl sites for hydroxylation is 3. The molecule has 1 aromatic heterocycles. The molecule has 0 bridgehead atoms. The third-order valence-electron chi connectivity index (χ3n) is 5.13. The molecule has 7 heteroatoms. The highest BCUT2D eigenvalue weighted by Crippen LogP contribution is 2.39. The molecule has 2 heterocycles. The highest BCUT2D eigenvalue weighted by Gasteiger charge is 2.33. The maximum absolute atomic E-state index is 13.6. The highest BCUT2D eigenvalue weighted by molar-refractivity contribution is 7.93. The molecule has 0 spiro atoms. The Kier molecular flexibility index (Phi) is 4.67. The first kappa shape index (κ1) is 19.0. The Hall–Kier alpha value is -2.38. The Bertz CT molecular complexity index is 1150. The second-order valence-corrected chi connectivity index (χ2v) is 10.3. The van der Waals surface area contributed by atoms with Crippen molar-refractivity contribution in [3.05, 3.63) is 58.6 Å². The lowest BCUT2D eigenvalue weighted by atomic mass is 10.1. The number of anilines is 2. The number of aromatic nitrogens is 1. The number of nitrogens with zero attached hydrogens (tertiary/aromatic N) is 3. The molecule has 0 unspecified atom stereocenters. The van der Waals surface area contributed by atoms with E-state index < -0.39 is 10.0 Å². The highest BCUT2D eigenvalue weighted by atomic mass is 32.2. The van der Waals surface area contributed by atoms with Crippen molar-refractivity contribution < 1.29 is 8.42 Å². The van der Waals surface area contributed by atoms with E-state index in [0.717, 1.165) is 37.9 Å². The van der Waals surface area contributed by atoms with Crippen LogP contribution in [-0.4, -0.2) is 33.5 Å². The second-order valence-electron chi connectivity index (χ2n) is 7.20. The van der Waals surface area contributed by atoms with Gasteiger partial charge in [0.2, 0.25) is 0 Å². The van der Waals surface area contributed by atoms with Crippen LogP contribution < -0.4 is 9.21 Å². The standard InChI is InChI=1S/C21H23N3O2S2/c1-14-6-5-7-18-20(14)24(11-10-23(18)4)28(25,26)19-9-8-17(12-15(19)2)21-22-13-16(3)27-21/h5-9,12-13H,10-11H2,1-4H3. The molecule has 0 amide bonds. The van der Waals surface area contributed by atoms with E-state index in [1.54, 1.807) is 21.7 Å². The SMILES string of the molecule is Cc1cnc(-c2ccc(S(=O)(=O)N3CCN(C)c4cccc(C)c43)c(C)c2)s1. The number of likely N-dealkylation sites (N-methyl/N-ethyl adjacent to an activating group) is 1. The van der Waals surface area contributed by atoms with Gasteiger partial charge in [-0.05, 0) is 50.1 Å². The average molecular weight is 414 g/mol. The number of rotatable bonds is 3. The van der Waals surface area contributed by atoms with E-state index in [1.165, 1.54) is 0 Å². The summed E-state index contributed by atoms with van der Waals surface area (Å²) in [6.45, 7) is 6.92. The Labute approximate surface area is 170 Å². The minimum atomic E-state index is -3.66. The Balaban J connectivity index is 1.79. The molecular weight excluding hydrogens is 390 g/mol. The summed E-state index contributed by atoms with van der Waals surface area (Å²) < 4.78 is 28.7. The number of para-hydroxylation sites is 1. The van der Waals surface area contributed by atoms with Gasteiger partial charge in [-0.1, -0.05) is 18.2 Å². The third kappa shape index (κ3) is 3.08. The molecule has 146 valence electrons. The van der Waals surface area contributed by atoms with E-state index in [2.05, 4.69) is 9.88 Å². The van der Waals surface area contributed by atoms with Crippen LogP contribution in [0.5, 0.6) is 0 Å².